The normalized spacial score (nSPS) is 18.9. The molecule has 1 saturated heterocycles. The molecular formula is C20H24N4. The van der Waals surface area contributed by atoms with Crippen LogP contribution in [0.15, 0.2) is 55.2 Å². The van der Waals surface area contributed by atoms with Gasteiger partial charge in [-0.05, 0) is 43.5 Å². The summed E-state index contributed by atoms with van der Waals surface area (Å²) in [4.78, 5) is 11.3. The molecule has 1 fully saturated rings. The van der Waals surface area contributed by atoms with Gasteiger partial charge in [-0.1, -0.05) is 24.6 Å². The van der Waals surface area contributed by atoms with Gasteiger partial charge in [0.2, 0.25) is 0 Å². The second-order valence-corrected chi connectivity index (χ2v) is 6.70. The number of imidazole rings is 1. The molecule has 0 unspecified atom stereocenters. The van der Waals surface area contributed by atoms with Crippen LogP contribution in [-0.4, -0.2) is 32.0 Å². The number of nitrogens with zero attached hydrogens (tertiary/aromatic N) is 4. The van der Waals surface area contributed by atoms with Crippen molar-refractivity contribution in [2.75, 3.05) is 6.54 Å². The SMILES string of the molecule is c1ccc2c(CN3CCCC[C@@H]3CCn3ccnc3)ccnc2c1. The molecule has 2 aromatic heterocycles. The minimum atomic E-state index is 0.660. The van der Waals surface area contributed by atoms with Crippen molar-refractivity contribution in [2.24, 2.45) is 0 Å². The maximum absolute atomic E-state index is 4.50. The Balaban J connectivity index is 1.50. The van der Waals surface area contributed by atoms with Crippen LogP contribution in [0.2, 0.25) is 0 Å². The Hall–Kier alpha value is -2.20. The Bertz CT molecular complexity index is 776. The van der Waals surface area contributed by atoms with E-state index in [1.807, 2.05) is 18.7 Å². The number of rotatable bonds is 5. The molecule has 1 aromatic carbocycles. The molecule has 3 heterocycles. The van der Waals surface area contributed by atoms with E-state index in [-0.39, 0.29) is 0 Å². The van der Waals surface area contributed by atoms with Crippen LogP contribution in [-0.2, 0) is 13.1 Å². The number of fused-ring (bicyclic) bond motifs is 1. The van der Waals surface area contributed by atoms with E-state index >= 15 is 0 Å². The van der Waals surface area contributed by atoms with Gasteiger partial charge in [-0.2, -0.15) is 0 Å². The first-order valence-corrected chi connectivity index (χ1v) is 8.92. The van der Waals surface area contributed by atoms with Crippen molar-refractivity contribution in [3.8, 4) is 0 Å². The molecule has 124 valence electrons. The van der Waals surface area contributed by atoms with Gasteiger partial charge in [-0.25, -0.2) is 4.98 Å². The van der Waals surface area contributed by atoms with E-state index in [0.717, 1.165) is 18.6 Å². The van der Waals surface area contributed by atoms with Gasteiger partial charge in [0.05, 0.1) is 11.8 Å². The monoisotopic (exact) mass is 320 g/mol. The van der Waals surface area contributed by atoms with Crippen molar-refractivity contribution in [2.45, 2.75) is 44.8 Å². The lowest BCUT2D eigenvalue weighted by molar-refractivity contribution is 0.129. The average Bonchev–Trinajstić information content (AvgIpc) is 3.15. The van der Waals surface area contributed by atoms with Gasteiger partial charge in [-0.15, -0.1) is 0 Å². The molecule has 4 rings (SSSR count). The van der Waals surface area contributed by atoms with E-state index in [1.54, 1.807) is 0 Å². The summed E-state index contributed by atoms with van der Waals surface area (Å²) in [7, 11) is 0. The Kier molecular flexibility index (Phi) is 4.56. The van der Waals surface area contributed by atoms with Crippen molar-refractivity contribution >= 4 is 10.9 Å². The lowest BCUT2D eigenvalue weighted by Gasteiger charge is -2.36. The minimum absolute atomic E-state index is 0.660. The Morgan fingerprint density at radius 2 is 2.04 bits per heavy atom. The van der Waals surface area contributed by atoms with Gasteiger partial charge in [-0.3, -0.25) is 9.88 Å². The van der Waals surface area contributed by atoms with Crippen molar-refractivity contribution in [1.82, 2.24) is 19.4 Å². The number of para-hydroxylation sites is 1. The predicted molar refractivity (Wildman–Crippen MR) is 96.6 cm³/mol. The number of hydrogen-bond donors (Lipinski definition) is 0. The second kappa shape index (κ2) is 7.14. The highest BCUT2D eigenvalue weighted by molar-refractivity contribution is 5.81. The van der Waals surface area contributed by atoms with Crippen molar-refractivity contribution < 1.29 is 0 Å². The second-order valence-electron chi connectivity index (χ2n) is 6.70. The largest absolute Gasteiger partial charge is 0.337 e. The molecule has 0 amide bonds. The summed E-state index contributed by atoms with van der Waals surface area (Å²) in [5.41, 5.74) is 2.50. The van der Waals surface area contributed by atoms with Crippen LogP contribution >= 0.6 is 0 Å². The highest BCUT2D eigenvalue weighted by Gasteiger charge is 2.22. The third-order valence-corrected chi connectivity index (χ3v) is 5.14. The number of aryl methyl sites for hydroxylation is 1. The highest BCUT2D eigenvalue weighted by atomic mass is 15.2. The molecule has 0 bridgehead atoms. The molecule has 0 saturated carbocycles. The zero-order valence-electron chi connectivity index (χ0n) is 14.0. The molecule has 1 atom stereocenters. The van der Waals surface area contributed by atoms with E-state index in [1.165, 1.54) is 43.2 Å². The van der Waals surface area contributed by atoms with Gasteiger partial charge in [0.1, 0.15) is 0 Å². The van der Waals surface area contributed by atoms with Crippen LogP contribution in [0.3, 0.4) is 0 Å². The first kappa shape index (κ1) is 15.3. The first-order valence-electron chi connectivity index (χ1n) is 8.92. The minimum Gasteiger partial charge on any atom is -0.337 e. The van der Waals surface area contributed by atoms with Gasteiger partial charge in [0.25, 0.3) is 0 Å². The van der Waals surface area contributed by atoms with Gasteiger partial charge in [0, 0.05) is 43.1 Å². The zero-order valence-corrected chi connectivity index (χ0v) is 14.0. The number of hydrogen-bond acceptors (Lipinski definition) is 3. The zero-order chi connectivity index (χ0) is 16.2. The van der Waals surface area contributed by atoms with Crippen molar-refractivity contribution in [1.29, 1.82) is 0 Å². The standard InChI is InChI=1S/C20H24N4/c1-2-7-20-19(6-1)17(8-10-22-20)15-24-12-4-3-5-18(24)9-13-23-14-11-21-16-23/h1-2,6-8,10-11,14,16,18H,3-5,9,12-13,15H2/t18-/m1/s1. The Morgan fingerprint density at radius 1 is 1.08 bits per heavy atom. The van der Waals surface area contributed by atoms with Gasteiger partial charge >= 0.3 is 0 Å². The van der Waals surface area contributed by atoms with Crippen LogP contribution in [0.4, 0.5) is 0 Å². The summed E-state index contributed by atoms with van der Waals surface area (Å²) in [5, 5.41) is 1.29. The van der Waals surface area contributed by atoms with E-state index in [9.17, 15) is 0 Å². The molecule has 4 heteroatoms. The first-order chi connectivity index (χ1) is 11.9. The quantitative estimate of drug-likeness (QED) is 0.715. The summed E-state index contributed by atoms with van der Waals surface area (Å²) < 4.78 is 2.19. The van der Waals surface area contributed by atoms with E-state index in [0.29, 0.717) is 6.04 Å². The maximum atomic E-state index is 4.50. The number of benzene rings is 1. The fraction of sp³-hybridized carbons (Fsp3) is 0.400. The molecule has 1 aliphatic rings. The molecule has 0 spiro atoms. The summed E-state index contributed by atoms with van der Waals surface area (Å²) in [6, 6.07) is 11.3. The summed E-state index contributed by atoms with van der Waals surface area (Å²) >= 11 is 0. The van der Waals surface area contributed by atoms with Crippen molar-refractivity contribution in [3.63, 3.8) is 0 Å². The molecule has 24 heavy (non-hydrogen) atoms. The lowest BCUT2D eigenvalue weighted by Crippen LogP contribution is -2.39. The van der Waals surface area contributed by atoms with Gasteiger partial charge < -0.3 is 4.57 Å². The number of likely N-dealkylation sites (tertiary alicyclic amines) is 1. The van der Waals surface area contributed by atoms with Crippen LogP contribution in [0.1, 0.15) is 31.2 Å². The fourth-order valence-corrected chi connectivity index (χ4v) is 3.82. The molecule has 1 aliphatic heterocycles. The van der Waals surface area contributed by atoms with E-state index < -0.39 is 0 Å². The molecule has 0 radical (unpaired) electrons. The molecule has 0 N–H and O–H groups in total. The topological polar surface area (TPSA) is 34.0 Å². The number of pyridine rings is 1. The predicted octanol–water partition coefficient (Wildman–Crippen LogP) is 3.88. The van der Waals surface area contributed by atoms with Crippen LogP contribution in [0, 0.1) is 0 Å². The molecule has 3 aromatic rings. The fourth-order valence-electron chi connectivity index (χ4n) is 3.82. The lowest BCUT2D eigenvalue weighted by atomic mass is 9.98. The third kappa shape index (κ3) is 3.34. The van der Waals surface area contributed by atoms with Crippen LogP contribution in [0.25, 0.3) is 10.9 Å². The Labute approximate surface area is 143 Å². The molecular weight excluding hydrogens is 296 g/mol. The van der Waals surface area contributed by atoms with E-state index in [2.05, 4.69) is 56.0 Å². The van der Waals surface area contributed by atoms with Crippen LogP contribution < -0.4 is 0 Å². The number of piperidine rings is 1. The smallest absolute Gasteiger partial charge is 0.0945 e. The highest BCUT2D eigenvalue weighted by Crippen LogP contribution is 2.25. The summed E-state index contributed by atoms with van der Waals surface area (Å²) in [5.74, 6) is 0. The average molecular weight is 320 g/mol. The van der Waals surface area contributed by atoms with Gasteiger partial charge in [0.15, 0.2) is 0 Å². The molecule has 4 nitrogen and oxygen atoms in total. The molecule has 0 aliphatic carbocycles. The Morgan fingerprint density at radius 3 is 2.96 bits per heavy atom. The third-order valence-electron chi connectivity index (χ3n) is 5.14. The summed E-state index contributed by atoms with van der Waals surface area (Å²) in [6.07, 6.45) is 12.9. The number of aromatic nitrogens is 3. The maximum Gasteiger partial charge on any atom is 0.0945 e. The van der Waals surface area contributed by atoms with Crippen molar-refractivity contribution in [3.05, 3.63) is 60.8 Å². The van der Waals surface area contributed by atoms with E-state index in [4.69, 9.17) is 0 Å². The van der Waals surface area contributed by atoms with Crippen LogP contribution in [0.5, 0.6) is 0 Å². The summed E-state index contributed by atoms with van der Waals surface area (Å²) in [6.45, 7) is 3.28.